The van der Waals surface area contributed by atoms with Crippen molar-refractivity contribution in [1.29, 1.82) is 0 Å². The van der Waals surface area contributed by atoms with Crippen molar-refractivity contribution in [3.63, 3.8) is 0 Å². The number of benzene rings is 1. The Morgan fingerprint density at radius 3 is 2.51 bits per heavy atom. The number of thiazole rings is 1. The summed E-state index contributed by atoms with van der Waals surface area (Å²) in [5.74, 6) is -4.24. The van der Waals surface area contributed by atoms with Crippen LogP contribution in [0.25, 0.3) is 0 Å². The number of hydrogen-bond donors (Lipinski definition) is 1. The number of pyridine rings is 1. The van der Waals surface area contributed by atoms with Gasteiger partial charge in [0.15, 0.2) is 22.5 Å². The number of anilines is 1. The normalized spacial score (nSPS) is 17.6. The van der Waals surface area contributed by atoms with Gasteiger partial charge in [0, 0.05) is 48.0 Å². The van der Waals surface area contributed by atoms with Gasteiger partial charge in [0.25, 0.3) is 0 Å². The Balaban J connectivity index is 1.52. The number of methoxy groups -OCH3 is 1. The predicted octanol–water partition coefficient (Wildman–Crippen LogP) is 6.10. The number of amidine groups is 1. The molecular weight excluding hydrogens is 645 g/mol. The standard InChI is InChI=1S/C29H25ClF5N5O4S/c1-3-44-28(42)20-23(38-25(26-36-8-11-45-26)39-24(20)15-4-5-18(31)22(32)21(15)30)14-6-9-40(10-7-14)19-12-16(27(41)43-2)17(13-37-19)29(33,34)35/h4-5,8,11-14,24H,3,6-7,9-10H2,1-2H3,(H,38,39). The van der Waals surface area contributed by atoms with Crippen molar-refractivity contribution in [3.05, 3.63) is 85.6 Å². The lowest BCUT2D eigenvalue weighted by molar-refractivity contribution is -0.139. The van der Waals surface area contributed by atoms with Gasteiger partial charge in [-0.1, -0.05) is 17.7 Å². The van der Waals surface area contributed by atoms with Crippen LogP contribution < -0.4 is 10.2 Å². The van der Waals surface area contributed by atoms with E-state index in [2.05, 4.69) is 25.0 Å². The number of nitrogens with one attached hydrogen (secondary N) is 1. The highest BCUT2D eigenvalue weighted by molar-refractivity contribution is 7.11. The monoisotopic (exact) mass is 669 g/mol. The summed E-state index contributed by atoms with van der Waals surface area (Å²) in [6.07, 6.45) is -1.89. The number of carbonyl (C=O) groups excluding carboxylic acids is 2. The highest BCUT2D eigenvalue weighted by Crippen LogP contribution is 2.41. The maximum atomic E-state index is 14.6. The molecule has 1 unspecified atom stereocenters. The molecule has 5 rings (SSSR count). The third-order valence-corrected chi connectivity index (χ3v) is 8.56. The number of halogens is 6. The summed E-state index contributed by atoms with van der Waals surface area (Å²) in [5.41, 5.74) is -1.33. The number of carbonyl (C=O) groups is 2. The molecule has 1 atom stereocenters. The maximum Gasteiger partial charge on any atom is 0.418 e. The lowest BCUT2D eigenvalue weighted by Crippen LogP contribution is -2.42. The van der Waals surface area contributed by atoms with Gasteiger partial charge in [-0.25, -0.2) is 28.3 Å². The molecule has 2 aliphatic heterocycles. The summed E-state index contributed by atoms with van der Waals surface area (Å²) in [5, 5.41) is 4.88. The van der Waals surface area contributed by atoms with Crippen molar-refractivity contribution in [2.45, 2.75) is 32.0 Å². The molecule has 1 N–H and O–H groups in total. The molecule has 0 amide bonds. The maximum absolute atomic E-state index is 14.6. The highest BCUT2D eigenvalue weighted by Gasteiger charge is 2.40. The average Bonchev–Trinajstić information content (AvgIpc) is 3.58. The number of aromatic nitrogens is 2. The molecule has 0 spiro atoms. The zero-order chi connectivity index (χ0) is 32.5. The molecule has 3 aromatic rings. The molecule has 0 aliphatic carbocycles. The zero-order valence-corrected chi connectivity index (χ0v) is 25.3. The van der Waals surface area contributed by atoms with Gasteiger partial charge in [0.1, 0.15) is 11.9 Å². The SMILES string of the molecule is CCOC(=O)C1=C(C2CCN(c3cc(C(=O)OC)c(C(F)(F)F)cn3)CC2)NC(c2nccs2)=NC1c1ccc(F)c(F)c1Cl. The zero-order valence-electron chi connectivity index (χ0n) is 23.8. The fourth-order valence-corrected chi connectivity index (χ4v) is 6.11. The van der Waals surface area contributed by atoms with Crippen LogP contribution in [0.15, 0.2) is 52.2 Å². The van der Waals surface area contributed by atoms with E-state index in [-0.39, 0.29) is 48.4 Å². The van der Waals surface area contributed by atoms with Gasteiger partial charge in [-0.2, -0.15) is 13.2 Å². The van der Waals surface area contributed by atoms with E-state index in [4.69, 9.17) is 16.3 Å². The first-order valence-corrected chi connectivity index (χ1v) is 14.9. The van der Waals surface area contributed by atoms with E-state index in [0.29, 0.717) is 29.7 Å². The largest absolute Gasteiger partial charge is 0.465 e. The predicted molar refractivity (Wildman–Crippen MR) is 155 cm³/mol. The van der Waals surface area contributed by atoms with E-state index in [9.17, 15) is 31.5 Å². The Labute approximate surface area is 262 Å². The Hall–Kier alpha value is -4.11. The Kier molecular flexibility index (Phi) is 9.39. The van der Waals surface area contributed by atoms with Crippen LogP contribution in [0, 0.1) is 17.6 Å². The molecule has 16 heteroatoms. The van der Waals surface area contributed by atoms with Gasteiger partial charge in [-0.15, -0.1) is 11.3 Å². The highest BCUT2D eigenvalue weighted by atomic mass is 35.5. The van der Waals surface area contributed by atoms with Crippen LogP contribution in [-0.2, 0) is 20.4 Å². The molecular formula is C29H25ClF5N5O4S. The van der Waals surface area contributed by atoms with Crippen LogP contribution in [0.4, 0.5) is 27.8 Å². The second kappa shape index (κ2) is 13.1. The molecule has 1 saturated heterocycles. The van der Waals surface area contributed by atoms with Crippen LogP contribution in [0.1, 0.15) is 52.3 Å². The lowest BCUT2D eigenvalue weighted by atomic mass is 9.85. The van der Waals surface area contributed by atoms with Crippen molar-refractivity contribution in [2.75, 3.05) is 31.7 Å². The molecule has 2 aromatic heterocycles. The van der Waals surface area contributed by atoms with Gasteiger partial charge in [-0.05, 0) is 31.9 Å². The van der Waals surface area contributed by atoms with Crippen molar-refractivity contribution in [2.24, 2.45) is 10.9 Å². The number of rotatable bonds is 7. The fraction of sp³-hybridized carbons (Fsp3) is 0.345. The quantitative estimate of drug-likeness (QED) is 0.183. The molecule has 9 nitrogen and oxygen atoms in total. The van der Waals surface area contributed by atoms with E-state index in [1.807, 2.05) is 0 Å². The molecule has 238 valence electrons. The van der Waals surface area contributed by atoms with Crippen molar-refractivity contribution < 1.29 is 41.0 Å². The van der Waals surface area contributed by atoms with Crippen LogP contribution >= 0.6 is 22.9 Å². The van der Waals surface area contributed by atoms with Gasteiger partial charge < -0.3 is 19.7 Å². The summed E-state index contributed by atoms with van der Waals surface area (Å²) in [7, 11) is 0.990. The van der Waals surface area contributed by atoms with Gasteiger partial charge in [-0.3, -0.25) is 4.99 Å². The minimum atomic E-state index is -4.81. The number of hydrogen-bond acceptors (Lipinski definition) is 10. The molecule has 0 saturated carbocycles. The molecule has 2 aliphatic rings. The summed E-state index contributed by atoms with van der Waals surface area (Å²) in [6.45, 7) is 2.21. The molecule has 1 fully saturated rings. The number of allylic oxidation sites excluding steroid dienone is 1. The Morgan fingerprint density at radius 1 is 1.16 bits per heavy atom. The summed E-state index contributed by atoms with van der Waals surface area (Å²) in [4.78, 5) is 40.2. The van der Waals surface area contributed by atoms with E-state index in [0.717, 1.165) is 19.2 Å². The average molecular weight is 670 g/mol. The first-order chi connectivity index (χ1) is 21.4. The molecule has 0 radical (unpaired) electrons. The summed E-state index contributed by atoms with van der Waals surface area (Å²) < 4.78 is 79.1. The van der Waals surface area contributed by atoms with E-state index in [1.165, 1.54) is 17.4 Å². The summed E-state index contributed by atoms with van der Waals surface area (Å²) in [6, 6.07) is 2.04. The number of nitrogens with zero attached hydrogens (tertiary/aromatic N) is 4. The van der Waals surface area contributed by atoms with E-state index >= 15 is 0 Å². The van der Waals surface area contributed by atoms with Crippen LogP contribution in [-0.4, -0.2) is 54.5 Å². The van der Waals surface area contributed by atoms with E-state index < -0.39 is 51.9 Å². The first-order valence-electron chi connectivity index (χ1n) is 13.6. The second-order valence-corrected chi connectivity index (χ2v) is 11.3. The third kappa shape index (κ3) is 6.50. The number of alkyl halides is 3. The third-order valence-electron chi connectivity index (χ3n) is 7.39. The van der Waals surface area contributed by atoms with Gasteiger partial charge in [0.05, 0.1) is 35.4 Å². The number of piperidine rings is 1. The topological polar surface area (TPSA) is 106 Å². The van der Waals surface area contributed by atoms with E-state index in [1.54, 1.807) is 23.4 Å². The van der Waals surface area contributed by atoms with Crippen LogP contribution in [0.2, 0.25) is 5.02 Å². The first kappa shape index (κ1) is 32.3. The number of ether oxygens (including phenoxy) is 2. The van der Waals surface area contributed by atoms with Crippen LogP contribution in [0.3, 0.4) is 0 Å². The summed E-state index contributed by atoms with van der Waals surface area (Å²) >= 11 is 7.51. The van der Waals surface area contributed by atoms with Gasteiger partial charge >= 0.3 is 18.1 Å². The van der Waals surface area contributed by atoms with Crippen molar-refractivity contribution >= 4 is 46.5 Å². The molecule has 45 heavy (non-hydrogen) atoms. The molecule has 4 heterocycles. The number of esters is 2. The minimum Gasteiger partial charge on any atom is -0.465 e. The number of aliphatic imine (C=N–C) groups is 1. The fourth-order valence-electron chi connectivity index (χ4n) is 5.27. The van der Waals surface area contributed by atoms with Gasteiger partial charge in [0.2, 0.25) is 0 Å². The molecule has 1 aromatic carbocycles. The smallest absolute Gasteiger partial charge is 0.418 e. The Bertz CT molecular complexity index is 1670. The van der Waals surface area contributed by atoms with Crippen LogP contribution in [0.5, 0.6) is 0 Å². The molecule has 0 bridgehead atoms. The second-order valence-electron chi connectivity index (χ2n) is 9.99. The van der Waals surface area contributed by atoms with Crippen molar-refractivity contribution in [3.8, 4) is 0 Å². The van der Waals surface area contributed by atoms with Crippen molar-refractivity contribution in [1.82, 2.24) is 15.3 Å². The minimum absolute atomic E-state index is 0.0253. The lowest BCUT2D eigenvalue weighted by Gasteiger charge is -2.37. The Morgan fingerprint density at radius 2 is 1.89 bits per heavy atom.